The van der Waals surface area contributed by atoms with Gasteiger partial charge in [0.1, 0.15) is 5.75 Å². The van der Waals surface area contributed by atoms with Crippen molar-refractivity contribution >= 4 is 28.7 Å². The van der Waals surface area contributed by atoms with E-state index in [1.54, 1.807) is 37.6 Å². The van der Waals surface area contributed by atoms with Crippen LogP contribution < -0.4 is 26.4 Å². The van der Waals surface area contributed by atoms with Crippen molar-refractivity contribution in [1.29, 1.82) is 0 Å². The third kappa shape index (κ3) is 6.78. The molecule has 0 aliphatic carbocycles. The van der Waals surface area contributed by atoms with Crippen LogP contribution in [0.2, 0.25) is 0 Å². The molecule has 0 heterocycles. The molecule has 166 valence electrons. The van der Waals surface area contributed by atoms with Crippen LogP contribution in [0.3, 0.4) is 0 Å². The first-order chi connectivity index (χ1) is 15.6. The minimum atomic E-state index is -0.210. The molecule has 0 saturated carbocycles. The molecule has 0 saturated heterocycles. The molecule has 6 N–H and O–H groups in total. The predicted molar refractivity (Wildman–Crippen MR) is 129 cm³/mol. The average molecular weight is 433 g/mol. The number of aliphatic hydroxyl groups excluding tert-OH is 1. The number of aliphatic hydroxyl groups is 1. The fraction of sp³-hybridized carbons (Fsp3) is 0.160. The van der Waals surface area contributed by atoms with E-state index in [0.29, 0.717) is 35.5 Å². The fourth-order valence-electron chi connectivity index (χ4n) is 3.03. The third-order valence-electron chi connectivity index (χ3n) is 4.65. The van der Waals surface area contributed by atoms with Crippen LogP contribution in [0.5, 0.6) is 5.75 Å². The van der Waals surface area contributed by atoms with Gasteiger partial charge < -0.3 is 31.5 Å². The van der Waals surface area contributed by atoms with Gasteiger partial charge in [-0.05, 0) is 67.4 Å². The molecule has 7 heteroatoms. The minimum Gasteiger partial charge on any atom is -0.497 e. The SMILES string of the molecule is COc1cccc(C(=O)Nc2cccc(Nc3cccc(N/C=C(\N)CCCO)c3)c2)c1. The molecular formula is C25H28N4O3. The van der Waals surface area contributed by atoms with Gasteiger partial charge >= 0.3 is 0 Å². The summed E-state index contributed by atoms with van der Waals surface area (Å²) < 4.78 is 5.18. The minimum absolute atomic E-state index is 0.118. The fourth-order valence-corrected chi connectivity index (χ4v) is 3.03. The molecule has 0 aromatic heterocycles. The number of amides is 1. The van der Waals surface area contributed by atoms with Crippen LogP contribution in [0.4, 0.5) is 22.7 Å². The van der Waals surface area contributed by atoms with Crippen molar-refractivity contribution in [3.05, 3.63) is 90.3 Å². The van der Waals surface area contributed by atoms with E-state index >= 15 is 0 Å². The molecular weight excluding hydrogens is 404 g/mol. The molecule has 0 unspecified atom stereocenters. The zero-order chi connectivity index (χ0) is 22.8. The van der Waals surface area contributed by atoms with Gasteiger partial charge in [-0.1, -0.05) is 18.2 Å². The lowest BCUT2D eigenvalue weighted by atomic mass is 10.2. The normalized spacial score (nSPS) is 11.0. The Hall–Kier alpha value is -3.97. The summed E-state index contributed by atoms with van der Waals surface area (Å²) in [6.07, 6.45) is 3.01. The summed E-state index contributed by atoms with van der Waals surface area (Å²) in [7, 11) is 1.57. The molecule has 0 atom stereocenters. The highest BCUT2D eigenvalue weighted by Crippen LogP contribution is 2.23. The maximum absolute atomic E-state index is 12.6. The van der Waals surface area contributed by atoms with Crippen molar-refractivity contribution < 1.29 is 14.6 Å². The Morgan fingerprint density at radius 1 is 0.969 bits per heavy atom. The Kier molecular flexibility index (Phi) is 8.11. The van der Waals surface area contributed by atoms with E-state index in [1.165, 1.54) is 0 Å². The molecule has 0 fully saturated rings. The van der Waals surface area contributed by atoms with E-state index < -0.39 is 0 Å². The van der Waals surface area contributed by atoms with E-state index in [1.807, 2.05) is 48.5 Å². The second-order valence-corrected chi connectivity index (χ2v) is 7.16. The standard InChI is InChI=1S/C25H28N4O3/c1-32-24-12-2-6-18(14-24)25(31)29-23-11-4-10-22(16-23)28-21-9-3-8-20(15-21)27-17-19(26)7-5-13-30/h2-4,6,8-12,14-17,27-28,30H,5,7,13,26H2,1H3,(H,29,31)/b19-17-. The van der Waals surface area contributed by atoms with Crippen molar-refractivity contribution in [2.45, 2.75) is 12.8 Å². The Labute approximate surface area is 187 Å². The number of carbonyl (C=O) groups is 1. The molecule has 3 aromatic rings. The lowest BCUT2D eigenvalue weighted by molar-refractivity contribution is 0.102. The summed E-state index contributed by atoms with van der Waals surface area (Å²) in [5.41, 5.74) is 10.4. The van der Waals surface area contributed by atoms with E-state index in [-0.39, 0.29) is 12.5 Å². The topological polar surface area (TPSA) is 109 Å². The van der Waals surface area contributed by atoms with Crippen LogP contribution in [-0.4, -0.2) is 24.7 Å². The van der Waals surface area contributed by atoms with Gasteiger partial charge in [-0.3, -0.25) is 4.79 Å². The number of anilines is 4. The highest BCUT2D eigenvalue weighted by molar-refractivity contribution is 6.04. The summed E-state index contributed by atoms with van der Waals surface area (Å²) in [6, 6.07) is 22.3. The first-order valence-corrected chi connectivity index (χ1v) is 10.3. The number of nitrogens with two attached hydrogens (primary N) is 1. The Morgan fingerprint density at radius 2 is 1.62 bits per heavy atom. The number of methoxy groups -OCH3 is 1. The number of nitrogens with one attached hydrogen (secondary N) is 3. The monoisotopic (exact) mass is 432 g/mol. The maximum Gasteiger partial charge on any atom is 0.255 e. The van der Waals surface area contributed by atoms with Gasteiger partial charge in [-0.2, -0.15) is 0 Å². The van der Waals surface area contributed by atoms with Crippen LogP contribution in [0.1, 0.15) is 23.2 Å². The van der Waals surface area contributed by atoms with Gasteiger partial charge in [0.15, 0.2) is 0 Å². The molecule has 3 rings (SSSR count). The molecule has 1 amide bonds. The Balaban J connectivity index is 1.65. The number of rotatable bonds is 10. The van der Waals surface area contributed by atoms with Crippen molar-refractivity contribution in [1.82, 2.24) is 0 Å². The van der Waals surface area contributed by atoms with Crippen molar-refractivity contribution in [3.63, 3.8) is 0 Å². The smallest absolute Gasteiger partial charge is 0.255 e. The zero-order valence-corrected chi connectivity index (χ0v) is 18.0. The second-order valence-electron chi connectivity index (χ2n) is 7.16. The molecule has 0 bridgehead atoms. The third-order valence-corrected chi connectivity index (χ3v) is 4.65. The number of ether oxygens (including phenoxy) is 1. The highest BCUT2D eigenvalue weighted by atomic mass is 16.5. The number of hydrogen-bond donors (Lipinski definition) is 5. The first-order valence-electron chi connectivity index (χ1n) is 10.3. The number of carbonyl (C=O) groups excluding carboxylic acids is 1. The van der Waals surface area contributed by atoms with Crippen LogP contribution in [-0.2, 0) is 0 Å². The van der Waals surface area contributed by atoms with Crippen LogP contribution in [0.15, 0.2) is 84.7 Å². The summed E-state index contributed by atoms with van der Waals surface area (Å²) in [4.78, 5) is 12.6. The zero-order valence-electron chi connectivity index (χ0n) is 18.0. The number of allylic oxidation sites excluding steroid dienone is 1. The Morgan fingerprint density at radius 3 is 2.34 bits per heavy atom. The van der Waals surface area contributed by atoms with Gasteiger partial charge in [0.05, 0.1) is 7.11 Å². The van der Waals surface area contributed by atoms with Crippen molar-refractivity contribution in [2.24, 2.45) is 5.73 Å². The van der Waals surface area contributed by atoms with Crippen LogP contribution in [0, 0.1) is 0 Å². The summed E-state index contributed by atoms with van der Waals surface area (Å²) >= 11 is 0. The molecule has 3 aromatic carbocycles. The van der Waals surface area contributed by atoms with Crippen LogP contribution >= 0.6 is 0 Å². The Bertz CT molecular complexity index is 1080. The molecule has 0 aliphatic heterocycles. The average Bonchev–Trinajstić information content (AvgIpc) is 2.82. The lowest BCUT2D eigenvalue weighted by Gasteiger charge is -2.11. The number of hydrogen-bond acceptors (Lipinski definition) is 6. The molecule has 0 spiro atoms. The first kappa shape index (κ1) is 22.7. The number of benzene rings is 3. The van der Waals surface area contributed by atoms with Gasteiger partial charge in [0, 0.05) is 46.8 Å². The highest BCUT2D eigenvalue weighted by Gasteiger charge is 2.08. The predicted octanol–water partition coefficient (Wildman–Crippen LogP) is 4.68. The largest absolute Gasteiger partial charge is 0.497 e. The molecule has 0 aliphatic rings. The lowest BCUT2D eigenvalue weighted by Crippen LogP contribution is -2.12. The maximum atomic E-state index is 12.6. The van der Waals surface area contributed by atoms with E-state index in [9.17, 15) is 4.79 Å². The van der Waals surface area contributed by atoms with Crippen molar-refractivity contribution in [3.8, 4) is 5.75 Å². The quantitative estimate of drug-likeness (QED) is 0.318. The summed E-state index contributed by atoms with van der Waals surface area (Å²) in [5.74, 6) is 0.421. The molecule has 32 heavy (non-hydrogen) atoms. The van der Waals surface area contributed by atoms with Gasteiger partial charge in [0.25, 0.3) is 5.91 Å². The van der Waals surface area contributed by atoms with E-state index in [0.717, 1.165) is 17.1 Å². The molecule has 0 radical (unpaired) electrons. The van der Waals surface area contributed by atoms with Gasteiger partial charge in [-0.25, -0.2) is 0 Å². The van der Waals surface area contributed by atoms with E-state index in [2.05, 4.69) is 16.0 Å². The van der Waals surface area contributed by atoms with Gasteiger partial charge in [0.2, 0.25) is 0 Å². The summed E-state index contributed by atoms with van der Waals surface area (Å²) in [5, 5.41) is 18.3. The molecule has 7 nitrogen and oxygen atoms in total. The second kappa shape index (κ2) is 11.4. The van der Waals surface area contributed by atoms with Crippen LogP contribution in [0.25, 0.3) is 0 Å². The van der Waals surface area contributed by atoms with Crippen molar-refractivity contribution in [2.75, 3.05) is 29.7 Å². The summed E-state index contributed by atoms with van der Waals surface area (Å²) in [6.45, 7) is 0.118. The van der Waals surface area contributed by atoms with Gasteiger partial charge in [-0.15, -0.1) is 0 Å². The van der Waals surface area contributed by atoms with E-state index in [4.69, 9.17) is 15.6 Å².